The highest BCUT2D eigenvalue weighted by Gasteiger charge is 2.30. The summed E-state index contributed by atoms with van der Waals surface area (Å²) in [4.78, 5) is 42.5. The van der Waals surface area contributed by atoms with Crippen LogP contribution in [0.5, 0.6) is 0 Å². The molecule has 1 aliphatic heterocycles. The number of aromatic nitrogens is 3. The number of anilines is 3. The van der Waals surface area contributed by atoms with Gasteiger partial charge >= 0.3 is 0 Å². The molecule has 1 saturated heterocycles. The lowest BCUT2D eigenvalue weighted by Gasteiger charge is -2.36. The molecule has 1 aliphatic carbocycles. The van der Waals surface area contributed by atoms with E-state index in [-0.39, 0.29) is 23.3 Å². The highest BCUT2D eigenvalue weighted by molar-refractivity contribution is 5.97. The van der Waals surface area contributed by atoms with Gasteiger partial charge in [0, 0.05) is 63.6 Å². The number of nitrogens with one attached hydrogen (secondary N) is 2. The molecule has 11 heteroatoms. The van der Waals surface area contributed by atoms with E-state index in [4.69, 9.17) is 4.74 Å². The van der Waals surface area contributed by atoms with Crippen LogP contribution in [0.1, 0.15) is 42.1 Å². The van der Waals surface area contributed by atoms with Crippen molar-refractivity contribution in [2.75, 3.05) is 57.6 Å². The summed E-state index contributed by atoms with van der Waals surface area (Å²) in [5.41, 5.74) is 4.80. The van der Waals surface area contributed by atoms with Crippen molar-refractivity contribution in [3.05, 3.63) is 77.1 Å². The molecule has 43 heavy (non-hydrogen) atoms. The van der Waals surface area contributed by atoms with E-state index >= 15 is 4.39 Å². The van der Waals surface area contributed by atoms with E-state index in [0.717, 1.165) is 49.1 Å². The molecule has 0 unspecified atom stereocenters. The van der Waals surface area contributed by atoms with Crippen LogP contribution in [0.2, 0.25) is 0 Å². The van der Waals surface area contributed by atoms with Gasteiger partial charge in [0.2, 0.25) is 11.9 Å². The average Bonchev–Trinajstić information content (AvgIpc) is 3.45. The Balaban J connectivity index is 1.32. The number of rotatable bonds is 12. The summed E-state index contributed by atoms with van der Waals surface area (Å²) in [6, 6.07) is 7.12. The second-order valence-electron chi connectivity index (χ2n) is 10.9. The Morgan fingerprint density at radius 2 is 1.95 bits per heavy atom. The fourth-order valence-electron chi connectivity index (χ4n) is 5.47. The van der Waals surface area contributed by atoms with Crippen LogP contribution in [0.15, 0.2) is 48.9 Å². The number of hydrogen-bond acceptors (Lipinski definition) is 9. The number of carbonyl (C=O) groups excluding carboxylic acids is 2. The summed E-state index contributed by atoms with van der Waals surface area (Å²) in [7, 11) is 3.68. The van der Waals surface area contributed by atoms with Gasteiger partial charge in [-0.1, -0.05) is 25.1 Å². The molecular formula is C32H38FN7O3. The van der Waals surface area contributed by atoms with Crippen molar-refractivity contribution in [3.63, 3.8) is 0 Å². The molecule has 3 heterocycles. The van der Waals surface area contributed by atoms with Crippen LogP contribution in [0.25, 0.3) is 5.57 Å². The van der Waals surface area contributed by atoms with Gasteiger partial charge in [0.05, 0.1) is 24.7 Å². The van der Waals surface area contributed by atoms with Crippen molar-refractivity contribution in [2.45, 2.75) is 38.6 Å². The lowest BCUT2D eigenvalue weighted by Crippen LogP contribution is -2.54. The number of ketones is 1. The summed E-state index contributed by atoms with van der Waals surface area (Å²) in [6.45, 7) is 5.52. The Hall–Kier alpha value is -4.06. The maximum Gasteiger partial charge on any atom is 0.244 e. The minimum atomic E-state index is -0.542. The lowest BCUT2D eigenvalue weighted by molar-refractivity contribution is -0.124. The number of Topliss-reactive ketones (excluding diaryl/α,β-unsaturated/α-hetero) is 1. The van der Waals surface area contributed by atoms with Gasteiger partial charge in [0.15, 0.2) is 5.82 Å². The number of piperazine rings is 1. The Morgan fingerprint density at radius 1 is 1.14 bits per heavy atom. The predicted octanol–water partition coefficient (Wildman–Crippen LogP) is 3.85. The van der Waals surface area contributed by atoms with E-state index < -0.39 is 11.9 Å². The zero-order valence-corrected chi connectivity index (χ0v) is 24.9. The van der Waals surface area contributed by atoms with Crippen LogP contribution in [0.3, 0.4) is 0 Å². The number of likely N-dealkylation sites (N-methyl/N-ethyl adjacent to an activating group) is 1. The molecule has 0 spiro atoms. The maximum atomic E-state index is 15.1. The van der Waals surface area contributed by atoms with Crippen LogP contribution < -0.4 is 10.6 Å². The normalized spacial score (nSPS) is 16.0. The number of allylic oxidation sites excluding steroid dienone is 1. The second-order valence-corrected chi connectivity index (χ2v) is 10.9. The van der Waals surface area contributed by atoms with Crippen LogP contribution >= 0.6 is 0 Å². The number of hydrogen-bond donors (Lipinski definition) is 2. The van der Waals surface area contributed by atoms with E-state index in [1.165, 1.54) is 0 Å². The minimum absolute atomic E-state index is 0.122. The summed E-state index contributed by atoms with van der Waals surface area (Å²) in [5, 5.41) is 6.23. The van der Waals surface area contributed by atoms with Crippen molar-refractivity contribution >= 4 is 34.6 Å². The molecule has 5 rings (SSSR count). The Labute approximate surface area is 251 Å². The van der Waals surface area contributed by atoms with Gasteiger partial charge in [-0.25, -0.2) is 14.4 Å². The highest BCUT2D eigenvalue weighted by Crippen LogP contribution is 2.37. The Bertz CT molecular complexity index is 1500. The zero-order valence-electron chi connectivity index (χ0n) is 24.9. The van der Waals surface area contributed by atoms with E-state index in [0.29, 0.717) is 49.2 Å². The van der Waals surface area contributed by atoms with Crippen LogP contribution in [0.4, 0.5) is 21.7 Å². The number of benzene rings is 1. The average molecular weight is 588 g/mol. The second kappa shape index (κ2) is 13.9. The number of aryl methyl sites for hydroxylation is 1. The Morgan fingerprint density at radius 3 is 2.72 bits per heavy atom. The number of ether oxygens (including phenoxy) is 1. The molecule has 2 N–H and O–H groups in total. The molecule has 2 aromatic heterocycles. The lowest BCUT2D eigenvalue weighted by atomic mass is 10.0. The summed E-state index contributed by atoms with van der Waals surface area (Å²) in [5.74, 6) is -0.238. The first-order chi connectivity index (χ1) is 20.9. The minimum Gasteiger partial charge on any atom is -0.383 e. The molecular weight excluding hydrogens is 549 g/mol. The predicted molar refractivity (Wildman–Crippen MR) is 164 cm³/mol. The number of pyridine rings is 1. The van der Waals surface area contributed by atoms with E-state index in [1.807, 2.05) is 37.3 Å². The molecule has 3 aromatic rings. The smallest absolute Gasteiger partial charge is 0.244 e. The highest BCUT2D eigenvalue weighted by atomic mass is 19.1. The molecule has 1 atom stereocenters. The standard InChI is InChI=1S/C32H38FN7O3/c1-4-23(41)9-8-21-16-22(18-34-17-21)36-32-35-19-27(33)30(38-32)26-11-10-25-24(26)6-5-7-28(25)37-31(42)29(20-43-3)40-14-12-39(2)13-15-40/h5-7,11,16-19,29H,4,8-10,12-15,20H2,1-3H3,(H,37,42)(H,35,36,38)/t29-/m1/s1. The van der Waals surface area contributed by atoms with Crippen molar-refractivity contribution in [1.82, 2.24) is 24.8 Å². The summed E-state index contributed by atoms with van der Waals surface area (Å²) in [6.07, 6.45) is 8.52. The van der Waals surface area contributed by atoms with Gasteiger partial charge in [-0.3, -0.25) is 19.5 Å². The third kappa shape index (κ3) is 7.30. The van der Waals surface area contributed by atoms with Gasteiger partial charge in [0.1, 0.15) is 17.5 Å². The van der Waals surface area contributed by atoms with Gasteiger partial charge in [0.25, 0.3) is 0 Å². The van der Waals surface area contributed by atoms with E-state index in [2.05, 4.69) is 42.4 Å². The molecule has 1 amide bonds. The molecule has 1 fully saturated rings. The van der Waals surface area contributed by atoms with E-state index in [1.54, 1.807) is 19.5 Å². The van der Waals surface area contributed by atoms with Crippen LogP contribution in [0, 0.1) is 5.82 Å². The number of fused-ring (bicyclic) bond motifs is 1. The third-order valence-corrected chi connectivity index (χ3v) is 7.98. The fourth-order valence-corrected chi connectivity index (χ4v) is 5.47. The van der Waals surface area contributed by atoms with Crippen molar-refractivity contribution in [1.29, 1.82) is 0 Å². The van der Waals surface area contributed by atoms with Crippen LogP contribution in [-0.2, 0) is 27.2 Å². The molecule has 2 aliphatic rings. The first-order valence-corrected chi connectivity index (χ1v) is 14.7. The van der Waals surface area contributed by atoms with Crippen LogP contribution in [-0.4, -0.2) is 89.4 Å². The molecule has 10 nitrogen and oxygen atoms in total. The number of carbonyl (C=O) groups is 2. The maximum absolute atomic E-state index is 15.1. The van der Waals surface area contributed by atoms with E-state index in [9.17, 15) is 9.59 Å². The quantitative estimate of drug-likeness (QED) is 0.326. The van der Waals surface area contributed by atoms with Gasteiger partial charge < -0.3 is 20.3 Å². The first-order valence-electron chi connectivity index (χ1n) is 14.7. The topological polar surface area (TPSA) is 113 Å². The zero-order chi connectivity index (χ0) is 30.3. The molecule has 1 aromatic carbocycles. The Kier molecular flexibility index (Phi) is 9.86. The van der Waals surface area contributed by atoms with Crippen molar-refractivity contribution < 1.29 is 18.7 Å². The van der Waals surface area contributed by atoms with Gasteiger partial charge in [-0.05, 0) is 48.7 Å². The largest absolute Gasteiger partial charge is 0.383 e. The number of amides is 1. The number of methoxy groups -OCH3 is 1. The SMILES string of the molecule is CCC(=O)CCc1cncc(Nc2ncc(F)c(C3=CCc4c(NC(=O)[C@@H](COC)N5CCN(C)CC5)cccc43)n2)c1. The third-order valence-electron chi connectivity index (χ3n) is 7.98. The number of halogens is 1. The van der Waals surface area contributed by atoms with Gasteiger partial charge in [-0.15, -0.1) is 0 Å². The molecule has 0 radical (unpaired) electrons. The van der Waals surface area contributed by atoms with Crippen molar-refractivity contribution in [3.8, 4) is 0 Å². The van der Waals surface area contributed by atoms with Gasteiger partial charge in [-0.2, -0.15) is 0 Å². The monoisotopic (exact) mass is 587 g/mol. The summed E-state index contributed by atoms with van der Waals surface area (Å²) >= 11 is 0. The van der Waals surface area contributed by atoms with Crippen molar-refractivity contribution in [2.24, 2.45) is 0 Å². The first kappa shape index (κ1) is 30.4. The number of nitrogens with zero attached hydrogens (tertiary/aromatic N) is 5. The summed E-state index contributed by atoms with van der Waals surface area (Å²) < 4.78 is 20.5. The molecule has 0 saturated carbocycles. The fraction of sp³-hybridized carbons (Fsp3) is 0.406. The molecule has 0 bridgehead atoms. The molecule has 226 valence electrons.